The SMILES string of the molecule is Fc1ccc(COc2cccc(Oc3csc(C(F)(F)F)c3)n2)c(F)c1. The van der Waals surface area contributed by atoms with E-state index in [4.69, 9.17) is 9.47 Å². The lowest BCUT2D eigenvalue weighted by Crippen LogP contribution is -2.01. The number of thiophene rings is 1. The molecule has 26 heavy (non-hydrogen) atoms. The van der Waals surface area contributed by atoms with Crippen molar-refractivity contribution in [3.05, 3.63) is 69.9 Å². The van der Waals surface area contributed by atoms with Gasteiger partial charge in [0.1, 0.15) is 28.9 Å². The lowest BCUT2D eigenvalue weighted by Gasteiger charge is -2.08. The summed E-state index contributed by atoms with van der Waals surface area (Å²) in [5, 5.41) is 1.21. The Balaban J connectivity index is 1.67. The summed E-state index contributed by atoms with van der Waals surface area (Å²) in [5.41, 5.74) is 0.132. The van der Waals surface area contributed by atoms with Gasteiger partial charge in [-0.3, -0.25) is 0 Å². The highest BCUT2D eigenvalue weighted by Crippen LogP contribution is 2.37. The molecule has 2 aromatic heterocycles. The van der Waals surface area contributed by atoms with E-state index < -0.39 is 22.7 Å². The molecule has 0 saturated heterocycles. The third-order valence-electron chi connectivity index (χ3n) is 3.17. The van der Waals surface area contributed by atoms with Gasteiger partial charge in [0.2, 0.25) is 11.8 Å². The standard InChI is InChI=1S/C17H10F5NO2S/c18-11-5-4-10(13(19)6-11)8-24-15-2-1-3-16(23-15)25-12-7-14(26-9-12)17(20,21)22/h1-7,9H,8H2. The van der Waals surface area contributed by atoms with E-state index in [9.17, 15) is 22.0 Å². The Morgan fingerprint density at radius 1 is 1.00 bits per heavy atom. The smallest absolute Gasteiger partial charge is 0.425 e. The molecule has 136 valence electrons. The van der Waals surface area contributed by atoms with Crippen molar-refractivity contribution in [2.75, 3.05) is 0 Å². The molecule has 3 rings (SSSR count). The Bertz CT molecular complexity index is 910. The quantitative estimate of drug-likeness (QED) is 0.518. The van der Waals surface area contributed by atoms with E-state index in [1.54, 1.807) is 0 Å². The molecule has 0 N–H and O–H groups in total. The zero-order valence-corrected chi connectivity index (χ0v) is 13.7. The van der Waals surface area contributed by atoms with Crippen LogP contribution in [0, 0.1) is 11.6 Å². The number of ether oxygens (including phenoxy) is 2. The predicted molar refractivity (Wildman–Crippen MR) is 84.3 cm³/mol. The van der Waals surface area contributed by atoms with E-state index in [-0.39, 0.29) is 29.7 Å². The average Bonchev–Trinajstić information content (AvgIpc) is 3.03. The number of pyridine rings is 1. The Labute approximate surface area is 148 Å². The molecule has 9 heteroatoms. The third kappa shape index (κ3) is 4.48. The molecule has 1 aromatic carbocycles. The summed E-state index contributed by atoms with van der Waals surface area (Å²) in [6.45, 7) is -0.195. The summed E-state index contributed by atoms with van der Waals surface area (Å²) >= 11 is 0.509. The molecule has 0 aliphatic heterocycles. The van der Waals surface area contributed by atoms with Gasteiger partial charge in [-0.2, -0.15) is 18.2 Å². The Kier molecular flexibility index (Phi) is 5.08. The van der Waals surface area contributed by atoms with Crippen LogP contribution in [-0.2, 0) is 12.8 Å². The van der Waals surface area contributed by atoms with E-state index in [1.165, 1.54) is 29.6 Å². The van der Waals surface area contributed by atoms with Gasteiger partial charge in [-0.1, -0.05) is 6.07 Å². The molecule has 3 nitrogen and oxygen atoms in total. The highest BCUT2D eigenvalue weighted by Gasteiger charge is 2.32. The Morgan fingerprint density at radius 2 is 1.77 bits per heavy atom. The van der Waals surface area contributed by atoms with Gasteiger partial charge in [-0.25, -0.2) is 8.78 Å². The molecule has 0 aliphatic rings. The number of benzene rings is 1. The molecule has 0 unspecified atom stereocenters. The molecular weight excluding hydrogens is 377 g/mol. The van der Waals surface area contributed by atoms with Gasteiger partial charge in [0.05, 0.1) is 0 Å². The van der Waals surface area contributed by atoms with Crippen molar-refractivity contribution in [1.82, 2.24) is 4.98 Å². The second kappa shape index (κ2) is 7.28. The summed E-state index contributed by atoms with van der Waals surface area (Å²) in [6, 6.07) is 8.39. The molecule has 0 saturated carbocycles. The number of aromatic nitrogens is 1. The first-order valence-corrected chi connectivity index (χ1v) is 8.06. The lowest BCUT2D eigenvalue weighted by molar-refractivity contribution is -0.134. The maximum Gasteiger partial charge on any atom is 0.425 e. The van der Waals surface area contributed by atoms with Crippen LogP contribution in [0.1, 0.15) is 10.4 Å². The molecular formula is C17H10F5NO2S. The van der Waals surface area contributed by atoms with E-state index in [2.05, 4.69) is 4.98 Å². The number of hydrogen-bond acceptors (Lipinski definition) is 4. The van der Waals surface area contributed by atoms with Gasteiger partial charge >= 0.3 is 6.18 Å². The fourth-order valence-electron chi connectivity index (χ4n) is 1.97. The van der Waals surface area contributed by atoms with Crippen LogP contribution in [0.3, 0.4) is 0 Å². The van der Waals surface area contributed by atoms with Crippen molar-refractivity contribution in [3.63, 3.8) is 0 Å². The van der Waals surface area contributed by atoms with Gasteiger partial charge in [-0.15, -0.1) is 11.3 Å². The van der Waals surface area contributed by atoms with Crippen molar-refractivity contribution in [1.29, 1.82) is 0 Å². The van der Waals surface area contributed by atoms with Gasteiger partial charge in [-0.05, 0) is 12.1 Å². The normalized spacial score (nSPS) is 11.4. The maximum absolute atomic E-state index is 13.6. The van der Waals surface area contributed by atoms with Crippen LogP contribution in [0.5, 0.6) is 17.5 Å². The molecule has 3 aromatic rings. The molecule has 2 heterocycles. The van der Waals surface area contributed by atoms with Gasteiger partial charge < -0.3 is 9.47 Å². The van der Waals surface area contributed by atoms with E-state index in [0.717, 1.165) is 18.2 Å². The molecule has 0 aliphatic carbocycles. The number of nitrogens with zero attached hydrogens (tertiary/aromatic N) is 1. The lowest BCUT2D eigenvalue weighted by atomic mass is 10.2. The topological polar surface area (TPSA) is 31.4 Å². The minimum atomic E-state index is -4.44. The van der Waals surface area contributed by atoms with Crippen LogP contribution in [-0.4, -0.2) is 4.98 Å². The number of halogens is 5. The molecule has 0 atom stereocenters. The van der Waals surface area contributed by atoms with Crippen LogP contribution in [0.25, 0.3) is 0 Å². The summed E-state index contributed by atoms with van der Waals surface area (Å²) in [6.07, 6.45) is -4.44. The molecule has 0 radical (unpaired) electrons. The minimum absolute atomic E-state index is 0.00319. The van der Waals surface area contributed by atoms with Gasteiger partial charge in [0.15, 0.2) is 0 Å². The average molecular weight is 387 g/mol. The van der Waals surface area contributed by atoms with Crippen molar-refractivity contribution >= 4 is 11.3 Å². The largest absolute Gasteiger partial charge is 0.473 e. The fraction of sp³-hybridized carbons (Fsp3) is 0.118. The fourth-order valence-corrected chi connectivity index (χ4v) is 2.64. The Hall–Kier alpha value is -2.68. The van der Waals surface area contributed by atoms with Crippen LogP contribution in [0.4, 0.5) is 22.0 Å². The van der Waals surface area contributed by atoms with Crippen LogP contribution < -0.4 is 9.47 Å². The van der Waals surface area contributed by atoms with E-state index in [1.807, 2.05) is 0 Å². The first-order chi connectivity index (χ1) is 12.3. The number of rotatable bonds is 5. The summed E-state index contributed by atoms with van der Waals surface area (Å²) in [7, 11) is 0. The molecule has 0 fully saturated rings. The van der Waals surface area contributed by atoms with Crippen molar-refractivity contribution in [2.45, 2.75) is 12.8 Å². The number of alkyl halides is 3. The summed E-state index contributed by atoms with van der Waals surface area (Å²) in [5.74, 6) is -1.35. The zero-order valence-electron chi connectivity index (χ0n) is 12.9. The first-order valence-electron chi connectivity index (χ1n) is 7.18. The van der Waals surface area contributed by atoms with Crippen LogP contribution in [0.2, 0.25) is 0 Å². The Morgan fingerprint density at radius 3 is 2.46 bits per heavy atom. The third-order valence-corrected chi connectivity index (χ3v) is 4.12. The maximum atomic E-state index is 13.6. The minimum Gasteiger partial charge on any atom is -0.473 e. The van der Waals surface area contributed by atoms with Crippen molar-refractivity contribution in [3.8, 4) is 17.5 Å². The van der Waals surface area contributed by atoms with Crippen molar-refractivity contribution in [2.24, 2.45) is 0 Å². The zero-order chi connectivity index (χ0) is 18.7. The van der Waals surface area contributed by atoms with Crippen LogP contribution >= 0.6 is 11.3 Å². The van der Waals surface area contributed by atoms with Crippen molar-refractivity contribution < 1.29 is 31.4 Å². The summed E-state index contributed by atoms with van der Waals surface area (Å²) in [4.78, 5) is 3.20. The van der Waals surface area contributed by atoms with E-state index >= 15 is 0 Å². The highest BCUT2D eigenvalue weighted by atomic mass is 32.1. The van der Waals surface area contributed by atoms with Crippen LogP contribution in [0.15, 0.2) is 47.8 Å². The van der Waals surface area contributed by atoms with Gasteiger partial charge in [0, 0.05) is 35.2 Å². The molecule has 0 amide bonds. The number of hydrogen-bond donors (Lipinski definition) is 0. The first kappa shape index (κ1) is 18.1. The summed E-state index contributed by atoms with van der Waals surface area (Å²) < 4.78 is 74.8. The van der Waals surface area contributed by atoms with Gasteiger partial charge in [0.25, 0.3) is 0 Å². The molecule has 0 spiro atoms. The second-order valence-electron chi connectivity index (χ2n) is 5.08. The van der Waals surface area contributed by atoms with E-state index in [0.29, 0.717) is 11.3 Å². The molecule has 0 bridgehead atoms. The second-order valence-corrected chi connectivity index (χ2v) is 6.00. The predicted octanol–water partition coefficient (Wildman–Crippen LogP) is 5.81. The highest BCUT2D eigenvalue weighted by molar-refractivity contribution is 7.10. The monoisotopic (exact) mass is 387 g/mol.